The SMILES string of the molecule is Nc1cnc(NCCCc2ccccc2)nc1. The van der Waals surface area contributed by atoms with Gasteiger partial charge in [-0.15, -0.1) is 0 Å². The summed E-state index contributed by atoms with van der Waals surface area (Å²) in [4.78, 5) is 8.15. The van der Waals surface area contributed by atoms with Crippen LogP contribution in [0.2, 0.25) is 0 Å². The highest BCUT2D eigenvalue weighted by Crippen LogP contribution is 2.04. The Morgan fingerprint density at radius 3 is 2.47 bits per heavy atom. The Bertz CT molecular complexity index is 439. The third kappa shape index (κ3) is 3.75. The maximum Gasteiger partial charge on any atom is 0.222 e. The number of hydrogen-bond donors (Lipinski definition) is 2. The Morgan fingerprint density at radius 1 is 1.06 bits per heavy atom. The molecule has 0 radical (unpaired) electrons. The van der Waals surface area contributed by atoms with Gasteiger partial charge in [0.2, 0.25) is 5.95 Å². The second kappa shape index (κ2) is 5.84. The van der Waals surface area contributed by atoms with E-state index in [9.17, 15) is 0 Å². The molecule has 0 atom stereocenters. The van der Waals surface area contributed by atoms with Crippen LogP contribution in [-0.2, 0) is 6.42 Å². The summed E-state index contributed by atoms with van der Waals surface area (Å²) in [5.41, 5.74) is 7.44. The molecule has 0 fully saturated rings. The highest BCUT2D eigenvalue weighted by atomic mass is 15.1. The fourth-order valence-electron chi connectivity index (χ4n) is 1.57. The van der Waals surface area contributed by atoms with E-state index < -0.39 is 0 Å². The molecule has 0 aliphatic rings. The smallest absolute Gasteiger partial charge is 0.222 e. The summed E-state index contributed by atoms with van der Waals surface area (Å²) in [7, 11) is 0. The first-order chi connectivity index (χ1) is 8.34. The molecule has 1 aromatic heterocycles. The van der Waals surface area contributed by atoms with Gasteiger partial charge >= 0.3 is 0 Å². The number of nitrogens with zero attached hydrogens (tertiary/aromatic N) is 2. The molecule has 0 saturated heterocycles. The van der Waals surface area contributed by atoms with Gasteiger partial charge in [0, 0.05) is 6.54 Å². The molecule has 88 valence electrons. The van der Waals surface area contributed by atoms with Crippen LogP contribution in [0, 0.1) is 0 Å². The highest BCUT2D eigenvalue weighted by molar-refractivity contribution is 5.35. The fraction of sp³-hybridized carbons (Fsp3) is 0.231. The van der Waals surface area contributed by atoms with E-state index in [4.69, 9.17) is 5.73 Å². The molecule has 0 bridgehead atoms. The van der Waals surface area contributed by atoms with E-state index in [-0.39, 0.29) is 0 Å². The van der Waals surface area contributed by atoms with Crippen molar-refractivity contribution in [3.8, 4) is 0 Å². The molecule has 0 saturated carbocycles. The van der Waals surface area contributed by atoms with Gasteiger partial charge < -0.3 is 11.1 Å². The summed E-state index contributed by atoms with van der Waals surface area (Å²) in [5.74, 6) is 0.632. The first-order valence-electron chi connectivity index (χ1n) is 5.70. The lowest BCUT2D eigenvalue weighted by Gasteiger charge is -2.04. The lowest BCUT2D eigenvalue weighted by atomic mass is 10.1. The number of aryl methyl sites for hydroxylation is 1. The van der Waals surface area contributed by atoms with E-state index >= 15 is 0 Å². The Kier molecular flexibility index (Phi) is 3.91. The normalized spacial score (nSPS) is 10.1. The van der Waals surface area contributed by atoms with Crippen molar-refractivity contribution in [1.29, 1.82) is 0 Å². The number of aromatic nitrogens is 2. The van der Waals surface area contributed by atoms with Crippen molar-refractivity contribution >= 4 is 11.6 Å². The number of nitrogen functional groups attached to an aromatic ring is 1. The van der Waals surface area contributed by atoms with Crippen LogP contribution in [0.25, 0.3) is 0 Å². The van der Waals surface area contributed by atoms with E-state index in [1.807, 2.05) is 6.07 Å². The van der Waals surface area contributed by atoms with E-state index in [1.54, 1.807) is 12.4 Å². The summed E-state index contributed by atoms with van der Waals surface area (Å²) in [5, 5.41) is 3.16. The van der Waals surface area contributed by atoms with Crippen molar-refractivity contribution in [3.05, 3.63) is 48.3 Å². The number of hydrogen-bond acceptors (Lipinski definition) is 4. The standard InChI is InChI=1S/C13H16N4/c14-12-9-16-13(17-10-12)15-8-4-7-11-5-2-1-3-6-11/h1-3,5-6,9-10H,4,7-8,14H2,(H,15,16,17). The number of nitrogens with one attached hydrogen (secondary N) is 1. The van der Waals surface area contributed by atoms with Crippen LogP contribution >= 0.6 is 0 Å². The topological polar surface area (TPSA) is 63.8 Å². The van der Waals surface area contributed by atoms with Crippen molar-refractivity contribution < 1.29 is 0 Å². The van der Waals surface area contributed by atoms with Crippen LogP contribution in [0.15, 0.2) is 42.7 Å². The minimum Gasteiger partial charge on any atom is -0.396 e. The average Bonchev–Trinajstić information content (AvgIpc) is 2.38. The Morgan fingerprint density at radius 2 is 1.76 bits per heavy atom. The lowest BCUT2D eigenvalue weighted by Crippen LogP contribution is -2.06. The largest absolute Gasteiger partial charge is 0.396 e. The van der Waals surface area contributed by atoms with Crippen molar-refractivity contribution in [2.75, 3.05) is 17.6 Å². The predicted molar refractivity (Wildman–Crippen MR) is 69.7 cm³/mol. The first-order valence-corrected chi connectivity index (χ1v) is 5.70. The van der Waals surface area contributed by atoms with Crippen LogP contribution in [0.4, 0.5) is 11.6 Å². The molecule has 4 nitrogen and oxygen atoms in total. The number of rotatable bonds is 5. The van der Waals surface area contributed by atoms with Gasteiger partial charge in [0.1, 0.15) is 0 Å². The summed E-state index contributed by atoms with van der Waals surface area (Å²) < 4.78 is 0. The minimum absolute atomic E-state index is 0.583. The zero-order valence-corrected chi connectivity index (χ0v) is 9.63. The molecule has 4 heteroatoms. The van der Waals surface area contributed by atoms with Crippen LogP contribution in [-0.4, -0.2) is 16.5 Å². The molecule has 0 aliphatic heterocycles. The molecular weight excluding hydrogens is 212 g/mol. The molecule has 1 heterocycles. The van der Waals surface area contributed by atoms with Gasteiger partial charge in [0.25, 0.3) is 0 Å². The molecule has 2 aromatic rings. The Hall–Kier alpha value is -2.10. The van der Waals surface area contributed by atoms with Gasteiger partial charge in [-0.1, -0.05) is 30.3 Å². The summed E-state index contributed by atoms with van der Waals surface area (Å²) in [6.07, 6.45) is 5.32. The molecule has 0 spiro atoms. The van der Waals surface area contributed by atoms with Crippen molar-refractivity contribution in [2.45, 2.75) is 12.8 Å². The molecule has 1 aromatic carbocycles. The monoisotopic (exact) mass is 228 g/mol. The predicted octanol–water partition coefficient (Wildman–Crippen LogP) is 2.10. The van der Waals surface area contributed by atoms with Gasteiger partial charge in [0.15, 0.2) is 0 Å². The second-order valence-electron chi connectivity index (χ2n) is 3.86. The Balaban J connectivity index is 1.71. The molecule has 0 amide bonds. The fourth-order valence-corrected chi connectivity index (χ4v) is 1.57. The van der Waals surface area contributed by atoms with Gasteiger partial charge in [-0.25, -0.2) is 9.97 Å². The summed E-state index contributed by atoms with van der Waals surface area (Å²) in [6.45, 7) is 0.860. The number of anilines is 2. The summed E-state index contributed by atoms with van der Waals surface area (Å²) in [6, 6.07) is 10.4. The van der Waals surface area contributed by atoms with Crippen molar-refractivity contribution in [2.24, 2.45) is 0 Å². The number of nitrogens with two attached hydrogens (primary N) is 1. The van der Waals surface area contributed by atoms with E-state index in [0.29, 0.717) is 11.6 Å². The Labute approximate surface area is 101 Å². The minimum atomic E-state index is 0.583. The zero-order chi connectivity index (χ0) is 11.9. The van der Waals surface area contributed by atoms with Crippen LogP contribution in [0.1, 0.15) is 12.0 Å². The maximum atomic E-state index is 5.50. The molecule has 17 heavy (non-hydrogen) atoms. The highest BCUT2D eigenvalue weighted by Gasteiger charge is 1.95. The van der Waals surface area contributed by atoms with Crippen LogP contribution in [0.5, 0.6) is 0 Å². The van der Waals surface area contributed by atoms with Gasteiger partial charge in [-0.05, 0) is 18.4 Å². The molecule has 3 N–H and O–H groups in total. The van der Waals surface area contributed by atoms with E-state index in [2.05, 4.69) is 39.6 Å². The molecule has 0 unspecified atom stereocenters. The van der Waals surface area contributed by atoms with Crippen LogP contribution in [0.3, 0.4) is 0 Å². The van der Waals surface area contributed by atoms with Crippen molar-refractivity contribution in [1.82, 2.24) is 9.97 Å². The molecule has 2 rings (SSSR count). The van der Waals surface area contributed by atoms with Crippen LogP contribution < -0.4 is 11.1 Å². The van der Waals surface area contributed by atoms with Gasteiger partial charge in [0.05, 0.1) is 18.1 Å². The average molecular weight is 228 g/mol. The lowest BCUT2D eigenvalue weighted by molar-refractivity contribution is 0.853. The molecular formula is C13H16N4. The zero-order valence-electron chi connectivity index (χ0n) is 9.63. The van der Waals surface area contributed by atoms with E-state index in [1.165, 1.54) is 5.56 Å². The van der Waals surface area contributed by atoms with Gasteiger partial charge in [-0.3, -0.25) is 0 Å². The summed E-state index contributed by atoms with van der Waals surface area (Å²) >= 11 is 0. The first kappa shape index (κ1) is 11.4. The second-order valence-corrected chi connectivity index (χ2v) is 3.86. The number of benzene rings is 1. The van der Waals surface area contributed by atoms with E-state index in [0.717, 1.165) is 19.4 Å². The third-order valence-electron chi connectivity index (χ3n) is 2.44. The van der Waals surface area contributed by atoms with Crippen molar-refractivity contribution in [3.63, 3.8) is 0 Å². The third-order valence-corrected chi connectivity index (χ3v) is 2.44. The maximum absolute atomic E-state index is 5.50. The van der Waals surface area contributed by atoms with Gasteiger partial charge in [-0.2, -0.15) is 0 Å². The quantitative estimate of drug-likeness (QED) is 0.769. The molecule has 0 aliphatic carbocycles.